The number of hydrogen-bond acceptors (Lipinski definition) is 3. The molecule has 0 bridgehead atoms. The molecule has 0 aliphatic carbocycles. The van der Waals surface area contributed by atoms with E-state index in [-0.39, 0.29) is 0 Å². The summed E-state index contributed by atoms with van der Waals surface area (Å²) >= 11 is 0. The van der Waals surface area contributed by atoms with Crippen LogP contribution in [0.4, 0.5) is 0 Å². The number of nitrogens with one attached hydrogen (secondary N) is 1. The molecule has 1 aromatic heterocycles. The van der Waals surface area contributed by atoms with E-state index in [0.717, 1.165) is 19.7 Å². The average Bonchev–Trinajstić information content (AvgIpc) is 2.88. The summed E-state index contributed by atoms with van der Waals surface area (Å²) in [6.07, 6.45) is 8.91. The lowest BCUT2D eigenvalue weighted by atomic mass is 10.1. The smallest absolute Gasteiger partial charge is 0.0947 e. The highest BCUT2D eigenvalue weighted by Gasteiger charge is 2.14. The average molecular weight is 209 g/mol. The van der Waals surface area contributed by atoms with Crippen LogP contribution < -0.4 is 5.32 Å². The Labute approximate surface area is 90.8 Å². The van der Waals surface area contributed by atoms with Crippen LogP contribution in [0.15, 0.2) is 23.0 Å². The maximum atomic E-state index is 5.56. The predicted molar refractivity (Wildman–Crippen MR) is 58.6 cm³/mol. The monoisotopic (exact) mass is 209 g/mol. The molecule has 2 heterocycles. The molecule has 1 fully saturated rings. The molecular weight excluding hydrogens is 190 g/mol. The van der Waals surface area contributed by atoms with Crippen LogP contribution in [0.25, 0.3) is 0 Å². The van der Waals surface area contributed by atoms with Gasteiger partial charge < -0.3 is 14.5 Å². The molecule has 0 aromatic carbocycles. The SMILES string of the molecule is c1cc(CNCCCC2CCCO2)co1. The lowest BCUT2D eigenvalue weighted by molar-refractivity contribution is 0.102. The molecule has 0 amide bonds. The number of furan rings is 1. The van der Waals surface area contributed by atoms with Gasteiger partial charge in [0.2, 0.25) is 0 Å². The molecule has 1 aromatic rings. The summed E-state index contributed by atoms with van der Waals surface area (Å²) in [6, 6.07) is 1.99. The third-order valence-electron chi connectivity index (χ3n) is 2.81. The highest BCUT2D eigenvalue weighted by Crippen LogP contribution is 2.16. The Bertz CT molecular complexity index is 253. The Kier molecular flexibility index (Phi) is 4.23. The van der Waals surface area contributed by atoms with Gasteiger partial charge in [-0.3, -0.25) is 0 Å². The van der Waals surface area contributed by atoms with Crippen LogP contribution in [0.5, 0.6) is 0 Å². The summed E-state index contributed by atoms with van der Waals surface area (Å²) in [5.41, 5.74) is 1.21. The maximum absolute atomic E-state index is 5.56. The number of rotatable bonds is 6. The summed E-state index contributed by atoms with van der Waals surface area (Å²) in [5.74, 6) is 0. The predicted octanol–water partition coefficient (Wildman–Crippen LogP) is 2.33. The normalized spacial score (nSPS) is 20.9. The van der Waals surface area contributed by atoms with E-state index in [1.807, 2.05) is 6.07 Å². The summed E-state index contributed by atoms with van der Waals surface area (Å²) in [6.45, 7) is 2.93. The van der Waals surface area contributed by atoms with Crippen molar-refractivity contribution in [3.63, 3.8) is 0 Å². The van der Waals surface area contributed by atoms with Crippen molar-refractivity contribution in [2.45, 2.75) is 38.3 Å². The summed E-state index contributed by atoms with van der Waals surface area (Å²) in [4.78, 5) is 0. The zero-order valence-electron chi connectivity index (χ0n) is 9.08. The van der Waals surface area contributed by atoms with Gasteiger partial charge in [-0.15, -0.1) is 0 Å². The van der Waals surface area contributed by atoms with E-state index < -0.39 is 0 Å². The van der Waals surface area contributed by atoms with Gasteiger partial charge in [0.15, 0.2) is 0 Å². The van der Waals surface area contributed by atoms with E-state index in [1.54, 1.807) is 12.5 Å². The van der Waals surface area contributed by atoms with Gasteiger partial charge in [0.1, 0.15) is 0 Å². The van der Waals surface area contributed by atoms with Crippen molar-refractivity contribution >= 4 is 0 Å². The van der Waals surface area contributed by atoms with Crippen LogP contribution in [0, 0.1) is 0 Å². The van der Waals surface area contributed by atoms with Crippen molar-refractivity contribution in [3.8, 4) is 0 Å². The fourth-order valence-electron chi connectivity index (χ4n) is 1.95. The standard InChI is InChI=1S/C12H19NO2/c1(3-12-4-2-7-15-12)6-13-9-11-5-8-14-10-11/h5,8,10,12-13H,1-4,6-7,9H2. The second-order valence-corrected chi connectivity index (χ2v) is 4.09. The Morgan fingerprint density at radius 2 is 2.47 bits per heavy atom. The highest BCUT2D eigenvalue weighted by molar-refractivity contribution is 5.04. The molecule has 1 aliphatic rings. The molecule has 0 spiro atoms. The van der Waals surface area contributed by atoms with Gasteiger partial charge in [-0.1, -0.05) is 0 Å². The first-order valence-corrected chi connectivity index (χ1v) is 5.78. The third kappa shape index (κ3) is 3.68. The lowest BCUT2D eigenvalue weighted by Gasteiger charge is -2.08. The molecule has 1 aliphatic heterocycles. The van der Waals surface area contributed by atoms with Crippen molar-refractivity contribution in [2.75, 3.05) is 13.2 Å². The van der Waals surface area contributed by atoms with Gasteiger partial charge in [0.25, 0.3) is 0 Å². The van der Waals surface area contributed by atoms with E-state index in [2.05, 4.69) is 5.32 Å². The second-order valence-electron chi connectivity index (χ2n) is 4.09. The minimum atomic E-state index is 0.528. The quantitative estimate of drug-likeness (QED) is 0.730. The van der Waals surface area contributed by atoms with E-state index in [0.29, 0.717) is 6.10 Å². The first-order chi connectivity index (χ1) is 7.45. The van der Waals surface area contributed by atoms with Crippen molar-refractivity contribution in [2.24, 2.45) is 0 Å². The number of hydrogen-bond donors (Lipinski definition) is 1. The Morgan fingerprint density at radius 3 is 3.20 bits per heavy atom. The van der Waals surface area contributed by atoms with Crippen LogP contribution >= 0.6 is 0 Å². The van der Waals surface area contributed by atoms with Gasteiger partial charge in [-0.2, -0.15) is 0 Å². The van der Waals surface area contributed by atoms with Crippen molar-refractivity contribution < 1.29 is 9.15 Å². The second kappa shape index (κ2) is 5.93. The van der Waals surface area contributed by atoms with Gasteiger partial charge in [-0.05, 0) is 38.3 Å². The Hall–Kier alpha value is -0.800. The first kappa shape index (κ1) is 10.7. The van der Waals surface area contributed by atoms with E-state index >= 15 is 0 Å². The van der Waals surface area contributed by atoms with Crippen molar-refractivity contribution in [1.29, 1.82) is 0 Å². The first-order valence-electron chi connectivity index (χ1n) is 5.78. The Morgan fingerprint density at radius 1 is 1.47 bits per heavy atom. The van der Waals surface area contributed by atoms with Crippen molar-refractivity contribution in [3.05, 3.63) is 24.2 Å². The largest absolute Gasteiger partial charge is 0.472 e. The molecule has 1 saturated heterocycles. The van der Waals surface area contributed by atoms with Crippen molar-refractivity contribution in [1.82, 2.24) is 5.32 Å². The molecule has 2 rings (SSSR count). The molecular formula is C12H19NO2. The lowest BCUT2D eigenvalue weighted by Crippen LogP contribution is -2.16. The van der Waals surface area contributed by atoms with E-state index in [1.165, 1.54) is 31.2 Å². The molecule has 0 saturated carbocycles. The topological polar surface area (TPSA) is 34.4 Å². The van der Waals surface area contributed by atoms with Gasteiger partial charge in [0.05, 0.1) is 18.6 Å². The third-order valence-corrected chi connectivity index (χ3v) is 2.81. The molecule has 1 N–H and O–H groups in total. The molecule has 1 unspecified atom stereocenters. The zero-order chi connectivity index (χ0) is 10.3. The Balaban J connectivity index is 1.48. The van der Waals surface area contributed by atoms with Gasteiger partial charge in [-0.25, -0.2) is 0 Å². The van der Waals surface area contributed by atoms with Crippen LogP contribution in [-0.2, 0) is 11.3 Å². The molecule has 3 heteroatoms. The van der Waals surface area contributed by atoms with Gasteiger partial charge >= 0.3 is 0 Å². The molecule has 1 atom stereocenters. The molecule has 0 radical (unpaired) electrons. The van der Waals surface area contributed by atoms with E-state index in [9.17, 15) is 0 Å². The summed E-state index contributed by atoms with van der Waals surface area (Å²) < 4.78 is 10.6. The fourth-order valence-corrected chi connectivity index (χ4v) is 1.95. The summed E-state index contributed by atoms with van der Waals surface area (Å²) in [7, 11) is 0. The van der Waals surface area contributed by atoms with Crippen LogP contribution in [0.1, 0.15) is 31.2 Å². The molecule has 3 nitrogen and oxygen atoms in total. The minimum Gasteiger partial charge on any atom is -0.472 e. The minimum absolute atomic E-state index is 0.528. The fraction of sp³-hybridized carbons (Fsp3) is 0.667. The molecule has 15 heavy (non-hydrogen) atoms. The zero-order valence-corrected chi connectivity index (χ0v) is 9.08. The highest BCUT2D eigenvalue weighted by atomic mass is 16.5. The van der Waals surface area contributed by atoms with Crippen LogP contribution in [0.2, 0.25) is 0 Å². The maximum Gasteiger partial charge on any atom is 0.0947 e. The molecule has 84 valence electrons. The van der Waals surface area contributed by atoms with E-state index in [4.69, 9.17) is 9.15 Å². The van der Waals surface area contributed by atoms with Gasteiger partial charge in [0, 0.05) is 18.7 Å². The van der Waals surface area contributed by atoms with Crippen LogP contribution in [-0.4, -0.2) is 19.3 Å². The van der Waals surface area contributed by atoms with Crippen LogP contribution in [0.3, 0.4) is 0 Å². The summed E-state index contributed by atoms with van der Waals surface area (Å²) in [5, 5.41) is 3.40. The number of ether oxygens (including phenoxy) is 1.